The van der Waals surface area contributed by atoms with Crippen LogP contribution in [0.3, 0.4) is 0 Å². The number of para-hydroxylation sites is 2. The number of rotatable bonds is 5. The van der Waals surface area contributed by atoms with Gasteiger partial charge in [0.1, 0.15) is 5.82 Å². The molecule has 0 aliphatic rings. The molecule has 0 radical (unpaired) electrons. The number of aromatic nitrogens is 6. The summed E-state index contributed by atoms with van der Waals surface area (Å²) in [5.41, 5.74) is 9.71. The first-order valence-corrected chi connectivity index (χ1v) is 17.4. The zero-order valence-electron chi connectivity index (χ0n) is 27.8. The van der Waals surface area contributed by atoms with E-state index in [0.717, 1.165) is 39.2 Å². The number of hydrogen-bond acceptors (Lipinski definition) is 4. The first-order valence-electron chi connectivity index (χ1n) is 17.4. The predicted molar refractivity (Wildman–Crippen MR) is 211 cm³/mol. The van der Waals surface area contributed by atoms with E-state index in [1.807, 2.05) is 66.9 Å². The third-order valence-electron chi connectivity index (χ3n) is 10.2. The van der Waals surface area contributed by atoms with E-state index in [2.05, 4.69) is 112 Å². The zero-order chi connectivity index (χ0) is 34.2. The van der Waals surface area contributed by atoms with Gasteiger partial charge in [-0.1, -0.05) is 127 Å². The van der Waals surface area contributed by atoms with Crippen molar-refractivity contribution in [3.05, 3.63) is 170 Å². The summed E-state index contributed by atoms with van der Waals surface area (Å²) in [4.78, 5) is 19.7. The second kappa shape index (κ2) is 11.2. The monoisotopic (exact) mass is 664 g/mol. The van der Waals surface area contributed by atoms with Crippen molar-refractivity contribution >= 4 is 49.0 Å². The molecule has 0 bridgehead atoms. The smallest absolute Gasteiger partial charge is 0.164 e. The minimum absolute atomic E-state index is 0.633. The van der Waals surface area contributed by atoms with Crippen LogP contribution in [-0.2, 0) is 0 Å². The van der Waals surface area contributed by atoms with Crippen LogP contribution in [0.2, 0.25) is 0 Å². The second-order valence-corrected chi connectivity index (χ2v) is 13.2. The predicted octanol–water partition coefficient (Wildman–Crippen LogP) is 11.0. The van der Waals surface area contributed by atoms with Gasteiger partial charge < -0.3 is 4.40 Å². The summed E-state index contributed by atoms with van der Waals surface area (Å²) >= 11 is 0. The van der Waals surface area contributed by atoms with E-state index in [9.17, 15) is 0 Å². The quantitative estimate of drug-likeness (QED) is 0.184. The average Bonchev–Trinajstić information content (AvgIpc) is 3.91. The molecule has 5 aromatic heterocycles. The third kappa shape index (κ3) is 4.31. The molecule has 242 valence electrons. The number of fused-ring (bicyclic) bond motifs is 7. The van der Waals surface area contributed by atoms with E-state index < -0.39 is 0 Å². The molecule has 6 nitrogen and oxygen atoms in total. The molecule has 0 saturated carbocycles. The number of benzene rings is 6. The molecule has 0 N–H and O–H groups in total. The Kier molecular flexibility index (Phi) is 6.15. The van der Waals surface area contributed by atoms with Gasteiger partial charge in [-0.15, -0.1) is 0 Å². The maximum absolute atomic E-state index is 5.10. The average molecular weight is 665 g/mol. The maximum Gasteiger partial charge on any atom is 0.164 e. The van der Waals surface area contributed by atoms with Gasteiger partial charge in [-0.3, -0.25) is 4.57 Å². The third-order valence-corrected chi connectivity index (χ3v) is 10.2. The summed E-state index contributed by atoms with van der Waals surface area (Å²) < 4.78 is 4.65. The van der Waals surface area contributed by atoms with Crippen molar-refractivity contribution in [3.63, 3.8) is 0 Å². The topological polar surface area (TPSA) is 60.9 Å². The molecule has 11 rings (SSSR count). The molecule has 0 spiro atoms. The van der Waals surface area contributed by atoms with Gasteiger partial charge in [0, 0.05) is 61.6 Å². The fraction of sp³-hybridized carbons (Fsp3) is 0. The number of hydrogen-bond donors (Lipinski definition) is 0. The normalized spacial score (nSPS) is 11.8. The van der Waals surface area contributed by atoms with Crippen LogP contribution in [0.25, 0.3) is 100 Å². The van der Waals surface area contributed by atoms with E-state index in [1.54, 1.807) is 0 Å². The highest BCUT2D eigenvalue weighted by molar-refractivity contribution is 6.27. The Morgan fingerprint density at radius 3 is 1.69 bits per heavy atom. The second-order valence-electron chi connectivity index (χ2n) is 13.2. The molecular formula is C46H28N6. The van der Waals surface area contributed by atoms with Gasteiger partial charge in [0.05, 0.1) is 22.1 Å². The van der Waals surface area contributed by atoms with Crippen molar-refractivity contribution in [2.45, 2.75) is 0 Å². The molecule has 0 unspecified atom stereocenters. The van der Waals surface area contributed by atoms with Gasteiger partial charge in [0.25, 0.3) is 0 Å². The fourth-order valence-corrected chi connectivity index (χ4v) is 7.79. The molecule has 0 aliphatic carbocycles. The largest absolute Gasteiger partial charge is 0.315 e. The highest BCUT2D eigenvalue weighted by atomic mass is 15.1. The lowest BCUT2D eigenvalue weighted by molar-refractivity contribution is 1.07. The van der Waals surface area contributed by atoms with Gasteiger partial charge in [-0.05, 0) is 35.9 Å². The van der Waals surface area contributed by atoms with Crippen LogP contribution in [-0.4, -0.2) is 28.9 Å². The summed E-state index contributed by atoms with van der Waals surface area (Å²) in [6.45, 7) is 0. The Morgan fingerprint density at radius 1 is 0.385 bits per heavy atom. The minimum atomic E-state index is 0.633. The summed E-state index contributed by atoms with van der Waals surface area (Å²) in [5.74, 6) is 2.81. The molecule has 0 aliphatic heterocycles. The summed E-state index contributed by atoms with van der Waals surface area (Å²) in [7, 11) is 0. The van der Waals surface area contributed by atoms with Gasteiger partial charge in [-0.25, -0.2) is 19.9 Å². The molecule has 0 amide bonds. The Balaban J connectivity index is 1.00. The molecule has 0 saturated heterocycles. The van der Waals surface area contributed by atoms with Crippen molar-refractivity contribution in [3.8, 4) is 51.1 Å². The standard InChI is InChI=1S/C46H28N6/c1-3-10-31(11-4-1)44-48-45(32-12-5-2-6-13-32)50-46(49-44)33-20-18-29(19-21-33)34-22-25-40(47-28-34)52-38-17-8-7-15-35(38)36-23-24-39-41(43(36)52)37-16-9-14-30-26-27-51(39)42(30)37/h1-28H. The number of nitrogens with zero attached hydrogens (tertiary/aromatic N) is 6. The summed E-state index contributed by atoms with van der Waals surface area (Å²) in [6, 6.07) is 54.7. The van der Waals surface area contributed by atoms with Crippen LogP contribution in [0.15, 0.2) is 170 Å². The van der Waals surface area contributed by atoms with Gasteiger partial charge in [0.15, 0.2) is 17.5 Å². The minimum Gasteiger partial charge on any atom is -0.315 e. The highest BCUT2D eigenvalue weighted by Crippen LogP contribution is 2.42. The molecule has 6 heteroatoms. The molecular weight excluding hydrogens is 637 g/mol. The summed E-state index contributed by atoms with van der Waals surface area (Å²) in [5, 5.41) is 6.20. The Bertz CT molecular complexity index is 3030. The van der Waals surface area contributed by atoms with Crippen LogP contribution < -0.4 is 0 Å². The summed E-state index contributed by atoms with van der Waals surface area (Å²) in [6.07, 6.45) is 4.16. The van der Waals surface area contributed by atoms with E-state index in [0.29, 0.717) is 17.5 Å². The van der Waals surface area contributed by atoms with Crippen molar-refractivity contribution in [1.82, 2.24) is 28.9 Å². The van der Waals surface area contributed by atoms with Crippen molar-refractivity contribution < 1.29 is 0 Å². The van der Waals surface area contributed by atoms with Crippen LogP contribution >= 0.6 is 0 Å². The SMILES string of the molecule is c1ccc(-c2nc(-c3ccccc3)nc(-c3ccc(-c4ccc(-n5c6ccccc6c6ccc7c(c8cccc9ccn7c98)c65)nc4)cc3)n2)cc1. The van der Waals surface area contributed by atoms with E-state index in [1.165, 1.54) is 43.5 Å². The zero-order valence-corrected chi connectivity index (χ0v) is 27.8. The molecule has 0 atom stereocenters. The first-order chi connectivity index (χ1) is 25.8. The van der Waals surface area contributed by atoms with Gasteiger partial charge in [0.2, 0.25) is 0 Å². The molecule has 6 aromatic carbocycles. The lowest BCUT2D eigenvalue weighted by Gasteiger charge is -2.10. The van der Waals surface area contributed by atoms with Gasteiger partial charge >= 0.3 is 0 Å². The van der Waals surface area contributed by atoms with Crippen LogP contribution in [0.1, 0.15) is 0 Å². The Morgan fingerprint density at radius 2 is 1.00 bits per heavy atom. The van der Waals surface area contributed by atoms with Crippen LogP contribution in [0.4, 0.5) is 0 Å². The maximum atomic E-state index is 5.10. The molecule has 0 fully saturated rings. The lowest BCUT2D eigenvalue weighted by atomic mass is 10.0. The Hall–Kier alpha value is -7.18. The van der Waals surface area contributed by atoms with Gasteiger partial charge in [-0.2, -0.15) is 0 Å². The Labute approximate surface area is 298 Å². The molecule has 11 aromatic rings. The highest BCUT2D eigenvalue weighted by Gasteiger charge is 2.21. The van der Waals surface area contributed by atoms with Crippen LogP contribution in [0.5, 0.6) is 0 Å². The van der Waals surface area contributed by atoms with E-state index >= 15 is 0 Å². The van der Waals surface area contributed by atoms with Crippen molar-refractivity contribution in [1.29, 1.82) is 0 Å². The lowest BCUT2D eigenvalue weighted by Crippen LogP contribution is -2.00. The molecule has 52 heavy (non-hydrogen) atoms. The first kappa shape index (κ1) is 28.6. The van der Waals surface area contributed by atoms with Crippen LogP contribution in [0, 0.1) is 0 Å². The van der Waals surface area contributed by atoms with Crippen molar-refractivity contribution in [2.75, 3.05) is 0 Å². The fourth-order valence-electron chi connectivity index (χ4n) is 7.79. The number of pyridine rings is 1. The van der Waals surface area contributed by atoms with E-state index in [4.69, 9.17) is 19.9 Å². The molecule has 5 heterocycles. The van der Waals surface area contributed by atoms with E-state index in [-0.39, 0.29) is 0 Å². The van der Waals surface area contributed by atoms with Crippen molar-refractivity contribution in [2.24, 2.45) is 0 Å².